The molecule has 0 amide bonds. The number of anilines is 1. The highest BCUT2D eigenvalue weighted by Gasteiger charge is 1.99. The number of nitrogens with one attached hydrogen (secondary N) is 1. The maximum absolute atomic E-state index is 10.4. The Morgan fingerprint density at radius 2 is 2.33 bits per heavy atom. The first-order valence-corrected chi connectivity index (χ1v) is 3.69. The number of rotatable bonds is 3. The van der Waals surface area contributed by atoms with Gasteiger partial charge in [-0.25, -0.2) is 0 Å². The van der Waals surface area contributed by atoms with Crippen molar-refractivity contribution >= 4 is 23.6 Å². The molecule has 1 aromatic carbocycles. The smallest absolute Gasteiger partial charge is 0.150 e. The summed E-state index contributed by atoms with van der Waals surface area (Å²) in [7, 11) is 1.48. The van der Waals surface area contributed by atoms with Crippen LogP contribution in [0.4, 0.5) is 5.69 Å². The van der Waals surface area contributed by atoms with Gasteiger partial charge in [-0.05, 0) is 12.1 Å². The first kappa shape index (κ1) is 9.03. The van der Waals surface area contributed by atoms with E-state index in [-0.39, 0.29) is 0 Å². The third kappa shape index (κ3) is 1.96. The highest BCUT2D eigenvalue weighted by atomic mass is 35.5. The largest absolute Gasteiger partial charge is 0.298 e. The van der Waals surface area contributed by atoms with E-state index in [1.165, 1.54) is 7.11 Å². The lowest BCUT2D eigenvalue weighted by atomic mass is 10.2. The van der Waals surface area contributed by atoms with Gasteiger partial charge < -0.3 is 0 Å². The normalized spacial score (nSPS) is 9.50. The van der Waals surface area contributed by atoms with E-state index in [2.05, 4.69) is 10.3 Å². The lowest BCUT2D eigenvalue weighted by Crippen LogP contribution is -1.96. The van der Waals surface area contributed by atoms with Crippen LogP contribution >= 0.6 is 11.6 Å². The highest BCUT2D eigenvalue weighted by molar-refractivity contribution is 6.33. The van der Waals surface area contributed by atoms with Gasteiger partial charge in [0.05, 0.1) is 17.8 Å². The topological polar surface area (TPSA) is 38.3 Å². The SMILES string of the molecule is CONc1cc(C=O)ccc1Cl. The fourth-order valence-corrected chi connectivity index (χ4v) is 0.960. The zero-order chi connectivity index (χ0) is 8.97. The fraction of sp³-hybridized carbons (Fsp3) is 0.125. The van der Waals surface area contributed by atoms with Crippen molar-refractivity contribution in [3.8, 4) is 0 Å². The molecule has 0 bridgehead atoms. The van der Waals surface area contributed by atoms with Gasteiger partial charge in [0.15, 0.2) is 0 Å². The Labute approximate surface area is 75.2 Å². The number of carbonyl (C=O) groups excluding carboxylic acids is 1. The summed E-state index contributed by atoms with van der Waals surface area (Å²) in [5, 5.41) is 0.516. The molecule has 0 fully saturated rings. The lowest BCUT2D eigenvalue weighted by Gasteiger charge is -2.04. The molecule has 0 saturated heterocycles. The maximum Gasteiger partial charge on any atom is 0.150 e. The Bertz CT molecular complexity index is 288. The maximum atomic E-state index is 10.4. The van der Waals surface area contributed by atoms with Gasteiger partial charge in [0.2, 0.25) is 0 Å². The summed E-state index contributed by atoms with van der Waals surface area (Å²) in [6, 6.07) is 4.88. The third-order valence-corrected chi connectivity index (χ3v) is 1.67. The molecule has 0 unspecified atom stereocenters. The molecule has 4 heteroatoms. The zero-order valence-electron chi connectivity index (χ0n) is 6.50. The second-order valence-electron chi connectivity index (χ2n) is 2.16. The molecule has 1 N–H and O–H groups in total. The Balaban J connectivity index is 2.99. The molecule has 64 valence electrons. The molecule has 1 rings (SSSR count). The first-order chi connectivity index (χ1) is 5.77. The molecule has 1 aromatic rings. The number of hydrogen-bond donors (Lipinski definition) is 1. The summed E-state index contributed by atoms with van der Waals surface area (Å²) >= 11 is 5.77. The Morgan fingerprint density at radius 1 is 1.58 bits per heavy atom. The van der Waals surface area contributed by atoms with Gasteiger partial charge in [0.1, 0.15) is 6.29 Å². The fourth-order valence-electron chi connectivity index (χ4n) is 0.804. The van der Waals surface area contributed by atoms with Gasteiger partial charge in [-0.15, -0.1) is 0 Å². The molecule has 0 aromatic heterocycles. The summed E-state index contributed by atoms with van der Waals surface area (Å²) in [5.41, 5.74) is 3.70. The Morgan fingerprint density at radius 3 is 2.92 bits per heavy atom. The molecular weight excluding hydrogens is 178 g/mol. The number of hydrogen-bond acceptors (Lipinski definition) is 3. The van der Waals surface area contributed by atoms with E-state index >= 15 is 0 Å². The summed E-state index contributed by atoms with van der Waals surface area (Å²) in [6.45, 7) is 0. The molecular formula is C8H8ClNO2. The van der Waals surface area contributed by atoms with Crippen molar-refractivity contribution in [3.63, 3.8) is 0 Å². The van der Waals surface area contributed by atoms with E-state index in [0.29, 0.717) is 16.3 Å². The first-order valence-electron chi connectivity index (χ1n) is 3.31. The predicted molar refractivity (Wildman–Crippen MR) is 47.5 cm³/mol. The van der Waals surface area contributed by atoms with Gasteiger partial charge in [0, 0.05) is 5.56 Å². The van der Waals surface area contributed by atoms with E-state index in [1.54, 1.807) is 18.2 Å². The quantitative estimate of drug-likeness (QED) is 0.579. The van der Waals surface area contributed by atoms with Gasteiger partial charge in [-0.1, -0.05) is 17.7 Å². The van der Waals surface area contributed by atoms with Crippen LogP contribution in [-0.4, -0.2) is 13.4 Å². The van der Waals surface area contributed by atoms with Crippen molar-refractivity contribution in [2.45, 2.75) is 0 Å². The van der Waals surface area contributed by atoms with Crippen molar-refractivity contribution in [1.29, 1.82) is 0 Å². The monoisotopic (exact) mass is 185 g/mol. The minimum Gasteiger partial charge on any atom is -0.298 e. The molecule has 12 heavy (non-hydrogen) atoms. The average Bonchev–Trinajstić information content (AvgIpc) is 2.09. The van der Waals surface area contributed by atoms with E-state index in [9.17, 15) is 4.79 Å². The molecule has 0 radical (unpaired) electrons. The minimum absolute atomic E-state index is 0.516. The van der Waals surface area contributed by atoms with Crippen molar-refractivity contribution in [2.75, 3.05) is 12.6 Å². The Kier molecular flexibility index (Phi) is 3.08. The molecule has 0 aliphatic carbocycles. The molecule has 0 aliphatic rings. The molecule has 3 nitrogen and oxygen atoms in total. The van der Waals surface area contributed by atoms with Crippen LogP contribution in [0.3, 0.4) is 0 Å². The number of aldehydes is 1. The van der Waals surface area contributed by atoms with Crippen molar-refractivity contribution in [3.05, 3.63) is 28.8 Å². The summed E-state index contributed by atoms with van der Waals surface area (Å²) < 4.78 is 0. The van der Waals surface area contributed by atoms with Crippen LogP contribution in [0.15, 0.2) is 18.2 Å². The van der Waals surface area contributed by atoms with Crippen molar-refractivity contribution < 1.29 is 9.63 Å². The second kappa shape index (κ2) is 4.09. The molecule has 0 atom stereocenters. The van der Waals surface area contributed by atoms with Crippen molar-refractivity contribution in [1.82, 2.24) is 0 Å². The second-order valence-corrected chi connectivity index (χ2v) is 2.57. The predicted octanol–water partition coefficient (Wildman–Crippen LogP) is 2.13. The summed E-state index contributed by atoms with van der Waals surface area (Å²) in [6.07, 6.45) is 0.747. The van der Waals surface area contributed by atoms with Crippen LogP contribution in [0.1, 0.15) is 10.4 Å². The van der Waals surface area contributed by atoms with Gasteiger partial charge >= 0.3 is 0 Å². The molecule has 0 saturated carbocycles. The van der Waals surface area contributed by atoms with Crippen molar-refractivity contribution in [2.24, 2.45) is 0 Å². The highest BCUT2D eigenvalue weighted by Crippen LogP contribution is 2.21. The summed E-state index contributed by atoms with van der Waals surface area (Å²) in [5.74, 6) is 0. The summed E-state index contributed by atoms with van der Waals surface area (Å²) in [4.78, 5) is 15.0. The minimum atomic E-state index is 0.516. The van der Waals surface area contributed by atoms with Crippen LogP contribution in [0.5, 0.6) is 0 Å². The van der Waals surface area contributed by atoms with E-state index in [0.717, 1.165) is 6.29 Å². The van der Waals surface area contributed by atoms with Gasteiger partial charge in [0.25, 0.3) is 0 Å². The van der Waals surface area contributed by atoms with E-state index in [1.807, 2.05) is 0 Å². The van der Waals surface area contributed by atoms with E-state index in [4.69, 9.17) is 11.6 Å². The van der Waals surface area contributed by atoms with E-state index < -0.39 is 0 Å². The third-order valence-electron chi connectivity index (χ3n) is 1.34. The van der Waals surface area contributed by atoms with Crippen LogP contribution < -0.4 is 5.48 Å². The standard InChI is InChI=1S/C8H8ClNO2/c1-12-10-8-4-6(5-11)2-3-7(8)9/h2-5,10H,1H3. The molecule has 0 spiro atoms. The van der Waals surface area contributed by atoms with Gasteiger partial charge in [-0.3, -0.25) is 15.1 Å². The molecule has 0 heterocycles. The number of benzene rings is 1. The van der Waals surface area contributed by atoms with Crippen LogP contribution in [0.2, 0.25) is 5.02 Å². The van der Waals surface area contributed by atoms with Crippen LogP contribution in [0.25, 0.3) is 0 Å². The number of carbonyl (C=O) groups is 1. The van der Waals surface area contributed by atoms with Crippen LogP contribution in [-0.2, 0) is 4.84 Å². The Hall–Kier alpha value is -1.06. The number of halogens is 1. The van der Waals surface area contributed by atoms with Gasteiger partial charge in [-0.2, -0.15) is 0 Å². The average molecular weight is 186 g/mol. The van der Waals surface area contributed by atoms with Crippen LogP contribution in [0, 0.1) is 0 Å². The lowest BCUT2D eigenvalue weighted by molar-refractivity contribution is 0.112. The molecule has 0 aliphatic heterocycles. The zero-order valence-corrected chi connectivity index (χ0v) is 7.26.